The summed E-state index contributed by atoms with van der Waals surface area (Å²) in [6.07, 6.45) is 6.61. The first kappa shape index (κ1) is 22.9. The van der Waals surface area contributed by atoms with Crippen molar-refractivity contribution < 1.29 is 9.53 Å². The molecule has 0 amide bonds. The second kappa shape index (κ2) is 13.1. The molecule has 0 aliphatic heterocycles. The maximum absolute atomic E-state index is 12.0. The molecule has 0 saturated carbocycles. The van der Waals surface area contributed by atoms with Crippen molar-refractivity contribution in [1.29, 1.82) is 0 Å². The molecule has 5 heteroatoms. The monoisotopic (exact) mass is 439 g/mol. The van der Waals surface area contributed by atoms with E-state index in [0.717, 1.165) is 25.7 Å². The van der Waals surface area contributed by atoms with Gasteiger partial charge in [0.15, 0.2) is 0 Å². The van der Waals surface area contributed by atoms with Crippen LogP contribution in [0.25, 0.3) is 0 Å². The highest BCUT2D eigenvalue weighted by molar-refractivity contribution is 9.08. The lowest BCUT2D eigenvalue weighted by Crippen LogP contribution is -2.08. The van der Waals surface area contributed by atoms with Gasteiger partial charge in [-0.1, -0.05) is 59.6 Å². The molecule has 0 aliphatic rings. The van der Waals surface area contributed by atoms with Crippen LogP contribution in [0, 0.1) is 0 Å². The van der Waals surface area contributed by atoms with E-state index in [0.29, 0.717) is 12.3 Å². The van der Waals surface area contributed by atoms with Gasteiger partial charge in [-0.2, -0.15) is 0 Å². The van der Waals surface area contributed by atoms with Gasteiger partial charge in [0.2, 0.25) is 0 Å². The summed E-state index contributed by atoms with van der Waals surface area (Å²) in [7, 11) is 2.67. The number of hydrogen-bond donors (Lipinski definition) is 0. The number of esters is 1. The van der Waals surface area contributed by atoms with Crippen molar-refractivity contribution in [3.63, 3.8) is 0 Å². The van der Waals surface area contributed by atoms with Gasteiger partial charge in [-0.25, -0.2) is 4.79 Å². The van der Waals surface area contributed by atoms with E-state index in [-0.39, 0.29) is 5.97 Å². The first-order valence-corrected chi connectivity index (χ1v) is 11.3. The topological polar surface area (TPSA) is 31.2 Å². The molecule has 3 nitrogen and oxygen atoms in total. The van der Waals surface area contributed by atoms with E-state index in [4.69, 9.17) is 4.74 Å². The van der Waals surface area contributed by atoms with Crippen LogP contribution in [0.5, 0.6) is 0 Å². The molecule has 0 radical (unpaired) electrons. The zero-order valence-corrected chi connectivity index (χ0v) is 18.9. The number of rotatable bonds is 9. The van der Waals surface area contributed by atoms with Crippen molar-refractivity contribution in [1.82, 2.24) is 4.34 Å². The van der Waals surface area contributed by atoms with E-state index >= 15 is 0 Å². The van der Waals surface area contributed by atoms with Gasteiger partial charge in [0, 0.05) is 5.69 Å². The highest BCUT2D eigenvalue weighted by Crippen LogP contribution is 2.23. The molecule has 26 heavy (non-hydrogen) atoms. The van der Waals surface area contributed by atoms with E-state index in [1.54, 1.807) is 0 Å². The number of halogens is 1. The number of ether oxygens (including phenoxy) is 1. The third-order valence-corrected chi connectivity index (χ3v) is 4.91. The van der Waals surface area contributed by atoms with Gasteiger partial charge in [-0.05, 0) is 71.4 Å². The Bertz CT molecular complexity index is 656. The third kappa shape index (κ3) is 6.89. The molecule has 0 fully saturated rings. The summed E-state index contributed by atoms with van der Waals surface area (Å²) >= 11 is 2.94. The van der Waals surface area contributed by atoms with Crippen LogP contribution in [0.2, 0.25) is 0 Å². The minimum absolute atomic E-state index is 0.238. The number of unbranched alkanes of at least 4 members (excludes halogenated alkanes) is 2. The maximum Gasteiger partial charge on any atom is 0.355 e. The summed E-state index contributed by atoms with van der Waals surface area (Å²) in [5, 5.41) is 0. The zero-order chi connectivity index (χ0) is 19.4. The van der Waals surface area contributed by atoms with Crippen molar-refractivity contribution in [3.05, 3.63) is 58.9 Å². The van der Waals surface area contributed by atoms with Crippen LogP contribution in [-0.2, 0) is 24.0 Å². The van der Waals surface area contributed by atoms with Crippen molar-refractivity contribution in [2.75, 3.05) is 12.4 Å². The summed E-state index contributed by atoms with van der Waals surface area (Å²) in [6.45, 7) is 4.38. The molecule has 1 heterocycles. The summed E-state index contributed by atoms with van der Waals surface area (Å²) in [5.41, 5.74) is 4.53. The molecule has 2 rings (SSSR count). The van der Waals surface area contributed by atoms with Crippen LogP contribution in [-0.4, -0.2) is 22.7 Å². The Hall–Kier alpha value is -1.12. The maximum atomic E-state index is 12.0. The molecule has 0 saturated heterocycles. The fraction of sp³-hybridized carbons (Fsp3) is 0.476. The van der Waals surface area contributed by atoms with Crippen molar-refractivity contribution in [2.24, 2.45) is 0 Å². The summed E-state index contributed by atoms with van der Waals surface area (Å²) in [4.78, 5) is 12.0. The third-order valence-electron chi connectivity index (χ3n) is 4.32. The highest BCUT2D eigenvalue weighted by Gasteiger charge is 2.17. The molecule has 1 unspecified atom stereocenters. The lowest BCUT2D eigenvalue weighted by molar-refractivity contribution is 0.0518. The predicted molar refractivity (Wildman–Crippen MR) is 117 cm³/mol. The summed E-state index contributed by atoms with van der Waals surface area (Å²) < 4.78 is 7.08. The Labute approximate surface area is 168 Å². The SMILES string of the molecule is CBr.CCOC(=O)c1cc(CC)c(CCCCCc2ccccc2)n1P. The van der Waals surface area contributed by atoms with Crippen LogP contribution in [0.3, 0.4) is 0 Å². The minimum atomic E-state index is -0.238. The normalized spacial score (nSPS) is 10.2. The fourth-order valence-corrected chi connectivity index (χ4v) is 3.49. The average Bonchev–Trinajstić information content (AvgIpc) is 3.00. The van der Waals surface area contributed by atoms with Crippen molar-refractivity contribution in [3.8, 4) is 0 Å². The second-order valence-corrected chi connectivity index (χ2v) is 6.51. The van der Waals surface area contributed by atoms with Gasteiger partial charge in [0.1, 0.15) is 5.69 Å². The molecular formula is C21H31BrNO2P. The van der Waals surface area contributed by atoms with Crippen LogP contribution >= 0.6 is 25.3 Å². The molecule has 1 aromatic heterocycles. The lowest BCUT2D eigenvalue weighted by Gasteiger charge is -2.09. The standard InChI is InChI=1S/C20H28NO2P.CH3Br/c1-3-17-15-19(20(22)23-4-2)21(24)18(17)14-10-6-9-13-16-11-7-5-8-12-16;1-2/h5,7-8,11-12,15H,3-4,6,9-10,13-14,24H2,1-2H3;1H3. The van der Waals surface area contributed by atoms with E-state index in [1.165, 1.54) is 29.7 Å². The van der Waals surface area contributed by atoms with Crippen LogP contribution in [0.15, 0.2) is 36.4 Å². The van der Waals surface area contributed by atoms with E-state index < -0.39 is 0 Å². The zero-order valence-electron chi connectivity index (χ0n) is 16.1. The number of aryl methyl sites for hydroxylation is 2. The van der Waals surface area contributed by atoms with Gasteiger partial charge in [-0.15, -0.1) is 0 Å². The summed E-state index contributed by atoms with van der Waals surface area (Å²) in [6, 6.07) is 12.6. The van der Waals surface area contributed by atoms with E-state index in [9.17, 15) is 4.79 Å². The Morgan fingerprint density at radius 3 is 2.35 bits per heavy atom. The van der Waals surface area contributed by atoms with Gasteiger partial charge in [-0.3, -0.25) is 0 Å². The number of carbonyl (C=O) groups excluding carboxylic acids is 1. The number of benzene rings is 1. The number of alkyl halides is 1. The Morgan fingerprint density at radius 1 is 1.08 bits per heavy atom. The second-order valence-electron chi connectivity index (χ2n) is 5.99. The number of aromatic nitrogens is 1. The Kier molecular flexibility index (Phi) is 11.6. The predicted octanol–water partition coefficient (Wildman–Crippen LogP) is 5.83. The van der Waals surface area contributed by atoms with E-state index in [1.807, 2.05) is 23.2 Å². The molecule has 144 valence electrons. The fourth-order valence-electron chi connectivity index (χ4n) is 3.01. The quantitative estimate of drug-likeness (QED) is 0.213. The molecule has 0 bridgehead atoms. The number of nitrogens with zero attached hydrogens (tertiary/aromatic N) is 1. The van der Waals surface area contributed by atoms with Crippen molar-refractivity contribution >= 4 is 31.3 Å². The van der Waals surface area contributed by atoms with Crippen molar-refractivity contribution in [2.45, 2.75) is 52.4 Å². The van der Waals surface area contributed by atoms with Crippen LogP contribution < -0.4 is 0 Å². The Balaban J connectivity index is 0.00000163. The lowest BCUT2D eigenvalue weighted by atomic mass is 10.0. The minimum Gasteiger partial charge on any atom is -0.461 e. The molecule has 0 aliphatic carbocycles. The highest BCUT2D eigenvalue weighted by atomic mass is 79.9. The molecule has 1 atom stereocenters. The van der Waals surface area contributed by atoms with Crippen LogP contribution in [0.1, 0.15) is 60.4 Å². The molecular weight excluding hydrogens is 409 g/mol. The molecule has 0 spiro atoms. The molecule has 1 aromatic carbocycles. The van der Waals surface area contributed by atoms with Gasteiger partial charge >= 0.3 is 5.97 Å². The summed E-state index contributed by atoms with van der Waals surface area (Å²) in [5.74, 6) is 1.57. The first-order valence-electron chi connectivity index (χ1n) is 9.24. The molecule has 2 aromatic rings. The number of carbonyl (C=O) groups is 1. The number of hydrogen-bond acceptors (Lipinski definition) is 2. The molecule has 0 N–H and O–H groups in total. The van der Waals surface area contributed by atoms with Crippen LogP contribution in [0.4, 0.5) is 0 Å². The first-order chi connectivity index (χ1) is 12.7. The average molecular weight is 440 g/mol. The van der Waals surface area contributed by atoms with Gasteiger partial charge < -0.3 is 9.07 Å². The van der Waals surface area contributed by atoms with E-state index in [2.05, 4.69) is 62.6 Å². The van der Waals surface area contributed by atoms with Gasteiger partial charge in [0.25, 0.3) is 0 Å². The smallest absolute Gasteiger partial charge is 0.355 e. The Morgan fingerprint density at radius 2 is 1.73 bits per heavy atom. The largest absolute Gasteiger partial charge is 0.461 e. The van der Waals surface area contributed by atoms with Gasteiger partial charge in [0.05, 0.1) is 6.61 Å².